The molecule has 0 aliphatic rings. The predicted octanol–water partition coefficient (Wildman–Crippen LogP) is 0.941. The molecular formula is C7H16N2O2+. The number of rotatable bonds is 3. The first-order valence-electron chi connectivity index (χ1n) is 3.76. The van der Waals surface area contributed by atoms with Crippen molar-refractivity contribution in [3.63, 3.8) is 0 Å². The van der Waals surface area contributed by atoms with E-state index in [4.69, 9.17) is 4.84 Å². The van der Waals surface area contributed by atoms with Gasteiger partial charge in [-0.1, -0.05) is 0 Å². The van der Waals surface area contributed by atoms with Crippen molar-refractivity contribution in [2.45, 2.75) is 13.8 Å². The molecule has 0 saturated heterocycles. The second-order valence-electron chi connectivity index (χ2n) is 2.32. The van der Waals surface area contributed by atoms with E-state index in [2.05, 4.69) is 0 Å². The van der Waals surface area contributed by atoms with Crippen LogP contribution in [0.25, 0.3) is 0 Å². The minimum atomic E-state index is -0.308. The molecule has 65 valence electrons. The molecule has 0 rings (SSSR count). The number of amides is 1. The van der Waals surface area contributed by atoms with Crippen LogP contribution in [-0.4, -0.2) is 43.2 Å². The molecule has 1 amide bonds. The SMILES string of the molecule is CCN(C)OC(=[O+])N(C)CC. The molecule has 1 radical (unpaired) electrons. The van der Waals surface area contributed by atoms with Gasteiger partial charge in [0.2, 0.25) is 0 Å². The zero-order valence-electron chi connectivity index (χ0n) is 7.63. The summed E-state index contributed by atoms with van der Waals surface area (Å²) >= 11 is 0. The first-order chi connectivity index (χ1) is 5.11. The van der Waals surface area contributed by atoms with E-state index < -0.39 is 0 Å². The summed E-state index contributed by atoms with van der Waals surface area (Å²) in [6.45, 7) is 5.17. The monoisotopic (exact) mass is 160 g/mol. The van der Waals surface area contributed by atoms with Gasteiger partial charge in [0.05, 0.1) is 11.3 Å². The maximum Gasteiger partial charge on any atom is 0.712 e. The quantitative estimate of drug-likeness (QED) is 0.455. The molecule has 0 bridgehead atoms. The Bertz CT molecular complexity index is 128. The average Bonchev–Trinajstić information content (AvgIpc) is 2.02. The van der Waals surface area contributed by atoms with Crippen LogP contribution in [0.15, 0.2) is 0 Å². The molecule has 0 aromatic rings. The Kier molecular flexibility index (Phi) is 4.61. The predicted molar refractivity (Wildman–Crippen MR) is 43.1 cm³/mol. The number of hydroxylamine groups is 2. The van der Waals surface area contributed by atoms with Crippen LogP contribution >= 0.6 is 0 Å². The third-order valence-corrected chi connectivity index (χ3v) is 1.47. The molecule has 0 fully saturated rings. The largest absolute Gasteiger partial charge is 0.712 e. The average molecular weight is 160 g/mol. The highest BCUT2D eigenvalue weighted by Crippen LogP contribution is 1.91. The highest BCUT2D eigenvalue weighted by molar-refractivity contribution is 5.66. The van der Waals surface area contributed by atoms with Gasteiger partial charge in [0.15, 0.2) is 0 Å². The maximum atomic E-state index is 11.0. The Morgan fingerprint density at radius 3 is 2.18 bits per heavy atom. The Morgan fingerprint density at radius 2 is 1.82 bits per heavy atom. The highest BCUT2D eigenvalue weighted by atomic mass is 16.7. The highest BCUT2D eigenvalue weighted by Gasteiger charge is 2.24. The summed E-state index contributed by atoms with van der Waals surface area (Å²) in [4.78, 5) is 17.4. The van der Waals surface area contributed by atoms with E-state index in [9.17, 15) is 4.79 Å². The van der Waals surface area contributed by atoms with Crippen LogP contribution in [0.3, 0.4) is 0 Å². The van der Waals surface area contributed by atoms with Gasteiger partial charge in [-0.25, -0.2) is 0 Å². The van der Waals surface area contributed by atoms with E-state index in [1.807, 2.05) is 13.8 Å². The number of carbonyl (C=O) groups excluding carboxylic acids is 1. The summed E-state index contributed by atoms with van der Waals surface area (Å²) in [6, 6.07) is 0. The normalized spacial score (nSPS) is 9.91. The molecule has 0 atom stereocenters. The molecular weight excluding hydrogens is 144 g/mol. The Hall–Kier alpha value is -0.770. The van der Waals surface area contributed by atoms with Crippen LogP contribution in [0.1, 0.15) is 13.8 Å². The van der Waals surface area contributed by atoms with Crippen LogP contribution in [0.4, 0.5) is 4.79 Å². The first kappa shape index (κ1) is 10.2. The lowest BCUT2D eigenvalue weighted by Gasteiger charge is -2.07. The molecule has 0 aromatic carbocycles. The van der Waals surface area contributed by atoms with E-state index >= 15 is 0 Å². The van der Waals surface area contributed by atoms with Crippen molar-refractivity contribution in [3.05, 3.63) is 0 Å². The Morgan fingerprint density at radius 1 is 1.27 bits per heavy atom. The fourth-order valence-corrected chi connectivity index (χ4v) is 0.397. The summed E-state index contributed by atoms with van der Waals surface area (Å²) in [5.74, 6) is 0. The molecule has 4 heteroatoms. The first-order valence-corrected chi connectivity index (χ1v) is 3.76. The fourth-order valence-electron chi connectivity index (χ4n) is 0.397. The van der Waals surface area contributed by atoms with E-state index in [1.165, 1.54) is 9.96 Å². The summed E-state index contributed by atoms with van der Waals surface area (Å²) < 4.78 is 0. The minimum Gasteiger partial charge on any atom is -0.253 e. The molecule has 11 heavy (non-hydrogen) atoms. The van der Waals surface area contributed by atoms with Crippen molar-refractivity contribution in [1.82, 2.24) is 9.96 Å². The van der Waals surface area contributed by atoms with Crippen molar-refractivity contribution in [2.24, 2.45) is 0 Å². The van der Waals surface area contributed by atoms with Crippen LogP contribution in [-0.2, 0) is 4.84 Å². The van der Waals surface area contributed by atoms with Gasteiger partial charge in [0.25, 0.3) is 0 Å². The van der Waals surface area contributed by atoms with E-state index in [0.717, 1.165) is 0 Å². The topological polar surface area (TPSA) is 35.6 Å². The molecule has 0 aliphatic carbocycles. The molecule has 0 N–H and O–H groups in total. The zero-order chi connectivity index (χ0) is 8.85. The van der Waals surface area contributed by atoms with Gasteiger partial charge in [-0.15, -0.1) is 0 Å². The molecule has 0 aromatic heterocycles. The molecule has 0 aliphatic heterocycles. The van der Waals surface area contributed by atoms with Gasteiger partial charge < -0.3 is 0 Å². The van der Waals surface area contributed by atoms with E-state index in [-0.39, 0.29) is 6.09 Å². The number of nitrogens with zero attached hydrogens (tertiary/aromatic N) is 2. The van der Waals surface area contributed by atoms with Gasteiger partial charge >= 0.3 is 6.09 Å². The second kappa shape index (κ2) is 4.96. The summed E-state index contributed by atoms with van der Waals surface area (Å²) in [6.07, 6.45) is -0.308. The molecule has 0 unspecified atom stereocenters. The van der Waals surface area contributed by atoms with E-state index in [0.29, 0.717) is 13.1 Å². The van der Waals surface area contributed by atoms with Gasteiger partial charge in [-0.3, -0.25) is 4.90 Å². The zero-order valence-corrected chi connectivity index (χ0v) is 7.63. The van der Waals surface area contributed by atoms with Crippen LogP contribution in [0, 0.1) is 0 Å². The Balaban J connectivity index is 3.68. The molecule has 0 saturated carbocycles. The van der Waals surface area contributed by atoms with Crippen LogP contribution in [0.2, 0.25) is 0 Å². The standard InChI is InChI=1S/C7H16N2O2/c1-5-8(3)7(10)11-9(4)6-2/h5-6H2,1-4H3/q+1. The minimum absolute atomic E-state index is 0.308. The van der Waals surface area contributed by atoms with Crippen molar-refractivity contribution in [3.8, 4) is 0 Å². The molecule has 0 heterocycles. The van der Waals surface area contributed by atoms with Crippen molar-refractivity contribution in [2.75, 3.05) is 27.2 Å². The van der Waals surface area contributed by atoms with Crippen LogP contribution < -0.4 is 0 Å². The number of carbonyl (C=O) groups is 1. The molecule has 0 spiro atoms. The maximum absolute atomic E-state index is 11.0. The third-order valence-electron chi connectivity index (χ3n) is 1.47. The van der Waals surface area contributed by atoms with Crippen LogP contribution in [0.5, 0.6) is 0 Å². The van der Waals surface area contributed by atoms with Gasteiger partial charge in [0.1, 0.15) is 0 Å². The fraction of sp³-hybridized carbons (Fsp3) is 0.857. The van der Waals surface area contributed by atoms with Gasteiger partial charge in [-0.05, 0) is 18.9 Å². The summed E-state index contributed by atoms with van der Waals surface area (Å²) in [7, 11) is 3.42. The second-order valence-corrected chi connectivity index (χ2v) is 2.32. The van der Waals surface area contributed by atoms with Crippen molar-refractivity contribution in [1.29, 1.82) is 0 Å². The smallest absolute Gasteiger partial charge is 0.253 e. The number of hydrogen-bond donors (Lipinski definition) is 0. The third kappa shape index (κ3) is 3.83. The number of hydrogen-bond acceptors (Lipinski definition) is 3. The van der Waals surface area contributed by atoms with Gasteiger partial charge in [-0.2, -0.15) is 4.84 Å². The Labute approximate surface area is 67.7 Å². The lowest BCUT2D eigenvalue weighted by atomic mass is 10.7. The van der Waals surface area contributed by atoms with Crippen molar-refractivity contribution < 1.29 is 9.63 Å². The van der Waals surface area contributed by atoms with E-state index in [1.54, 1.807) is 14.1 Å². The van der Waals surface area contributed by atoms with Gasteiger partial charge in [0, 0.05) is 20.6 Å². The lowest BCUT2D eigenvalue weighted by molar-refractivity contribution is -0.0856. The summed E-state index contributed by atoms with van der Waals surface area (Å²) in [5, 5.41) is 1.49. The van der Waals surface area contributed by atoms with Crippen molar-refractivity contribution >= 4 is 6.09 Å². The summed E-state index contributed by atoms with van der Waals surface area (Å²) in [5.41, 5.74) is 0. The molecule has 4 nitrogen and oxygen atoms in total. The lowest BCUT2D eigenvalue weighted by Crippen LogP contribution is -2.33.